The monoisotopic (exact) mass is 263 g/mol. The number of anilines is 1. The van der Waals surface area contributed by atoms with Gasteiger partial charge in [-0.1, -0.05) is 19.9 Å². The second-order valence-corrected chi connectivity index (χ2v) is 5.18. The first-order valence-corrected chi connectivity index (χ1v) is 6.76. The predicted octanol–water partition coefficient (Wildman–Crippen LogP) is 2.00. The molecule has 0 saturated heterocycles. The molecule has 0 bridgehead atoms. The Morgan fingerprint density at radius 3 is 2.58 bits per heavy atom. The Bertz CT molecular complexity index is 429. The van der Waals surface area contributed by atoms with Crippen molar-refractivity contribution in [2.24, 2.45) is 17.6 Å². The number of nitrogens with two attached hydrogens (primary N) is 1. The molecule has 0 aromatic heterocycles. The molecular weight excluding hydrogens is 238 g/mol. The minimum atomic E-state index is -0.0552. The highest BCUT2D eigenvalue weighted by Crippen LogP contribution is 2.20. The molecular formula is C15H25N3O. The summed E-state index contributed by atoms with van der Waals surface area (Å²) in [5, 5.41) is 6.06. The van der Waals surface area contributed by atoms with Gasteiger partial charge in [0.05, 0.1) is 0 Å². The Morgan fingerprint density at radius 1 is 1.37 bits per heavy atom. The first-order chi connectivity index (χ1) is 9.01. The van der Waals surface area contributed by atoms with Gasteiger partial charge in [0.15, 0.2) is 0 Å². The number of amides is 1. The second kappa shape index (κ2) is 7.14. The van der Waals surface area contributed by atoms with E-state index in [1.165, 1.54) is 0 Å². The molecule has 106 valence electrons. The lowest BCUT2D eigenvalue weighted by Crippen LogP contribution is -2.27. The molecule has 0 aliphatic rings. The normalized spacial score (nSPS) is 12.3. The fourth-order valence-electron chi connectivity index (χ4n) is 2.04. The molecule has 4 N–H and O–H groups in total. The summed E-state index contributed by atoms with van der Waals surface area (Å²) in [6.45, 7) is 7.80. The van der Waals surface area contributed by atoms with Crippen molar-refractivity contribution in [2.75, 3.05) is 25.5 Å². The Labute approximate surface area is 115 Å². The van der Waals surface area contributed by atoms with E-state index in [0.29, 0.717) is 23.9 Å². The van der Waals surface area contributed by atoms with Gasteiger partial charge in [0, 0.05) is 24.8 Å². The maximum Gasteiger partial charge on any atom is 0.251 e. The molecule has 1 rings (SSSR count). The third-order valence-corrected chi connectivity index (χ3v) is 3.61. The minimum absolute atomic E-state index is 0.0552. The van der Waals surface area contributed by atoms with Crippen molar-refractivity contribution in [3.05, 3.63) is 29.3 Å². The molecule has 1 unspecified atom stereocenters. The lowest BCUT2D eigenvalue weighted by Gasteiger charge is -2.21. The van der Waals surface area contributed by atoms with Crippen molar-refractivity contribution in [1.29, 1.82) is 0 Å². The summed E-state index contributed by atoms with van der Waals surface area (Å²) in [6.07, 6.45) is 0. The van der Waals surface area contributed by atoms with Gasteiger partial charge < -0.3 is 16.4 Å². The molecule has 19 heavy (non-hydrogen) atoms. The standard InChI is InChI=1S/C15H25N3O/c1-10(2)12(8-16)9-18-14-7-5-6-13(11(14)3)15(19)17-4/h5-7,10,12,18H,8-9,16H2,1-4H3,(H,17,19). The number of carbonyl (C=O) groups is 1. The summed E-state index contributed by atoms with van der Waals surface area (Å²) in [5.41, 5.74) is 8.45. The third kappa shape index (κ3) is 3.96. The molecule has 0 fully saturated rings. The number of carbonyl (C=O) groups excluding carboxylic acids is 1. The van der Waals surface area contributed by atoms with Crippen LogP contribution in [-0.2, 0) is 0 Å². The van der Waals surface area contributed by atoms with E-state index in [2.05, 4.69) is 24.5 Å². The summed E-state index contributed by atoms with van der Waals surface area (Å²) in [7, 11) is 1.64. The van der Waals surface area contributed by atoms with Crippen LogP contribution in [0, 0.1) is 18.8 Å². The van der Waals surface area contributed by atoms with Crippen molar-refractivity contribution in [3.8, 4) is 0 Å². The second-order valence-electron chi connectivity index (χ2n) is 5.18. The van der Waals surface area contributed by atoms with E-state index in [-0.39, 0.29) is 5.91 Å². The first-order valence-electron chi connectivity index (χ1n) is 6.76. The SMILES string of the molecule is CNC(=O)c1cccc(NCC(CN)C(C)C)c1C. The van der Waals surface area contributed by atoms with Crippen LogP contribution in [0.25, 0.3) is 0 Å². The van der Waals surface area contributed by atoms with Crippen molar-refractivity contribution < 1.29 is 4.79 Å². The van der Waals surface area contributed by atoms with E-state index < -0.39 is 0 Å². The van der Waals surface area contributed by atoms with Crippen molar-refractivity contribution >= 4 is 11.6 Å². The van der Waals surface area contributed by atoms with Gasteiger partial charge in [-0.25, -0.2) is 0 Å². The largest absolute Gasteiger partial charge is 0.384 e. The fourth-order valence-corrected chi connectivity index (χ4v) is 2.04. The van der Waals surface area contributed by atoms with Crippen LogP contribution in [0.5, 0.6) is 0 Å². The van der Waals surface area contributed by atoms with E-state index in [1.54, 1.807) is 7.05 Å². The zero-order valence-electron chi connectivity index (χ0n) is 12.3. The molecule has 4 nitrogen and oxygen atoms in total. The van der Waals surface area contributed by atoms with Gasteiger partial charge >= 0.3 is 0 Å². The lowest BCUT2D eigenvalue weighted by atomic mass is 9.95. The maximum atomic E-state index is 11.7. The predicted molar refractivity (Wildman–Crippen MR) is 80.4 cm³/mol. The van der Waals surface area contributed by atoms with Crippen LogP contribution in [0.4, 0.5) is 5.69 Å². The van der Waals surface area contributed by atoms with Gasteiger partial charge in [-0.15, -0.1) is 0 Å². The average Bonchev–Trinajstić information content (AvgIpc) is 2.40. The van der Waals surface area contributed by atoms with E-state index in [9.17, 15) is 4.79 Å². The maximum absolute atomic E-state index is 11.7. The van der Waals surface area contributed by atoms with E-state index in [0.717, 1.165) is 17.8 Å². The molecule has 0 heterocycles. The van der Waals surface area contributed by atoms with Gasteiger partial charge in [0.2, 0.25) is 0 Å². The highest BCUT2D eigenvalue weighted by Gasteiger charge is 2.13. The van der Waals surface area contributed by atoms with Crippen LogP contribution in [-0.4, -0.2) is 26.0 Å². The van der Waals surface area contributed by atoms with E-state index in [1.807, 2.05) is 25.1 Å². The number of benzene rings is 1. The Balaban J connectivity index is 2.82. The first kappa shape index (κ1) is 15.5. The van der Waals surface area contributed by atoms with E-state index >= 15 is 0 Å². The van der Waals surface area contributed by atoms with Crippen LogP contribution in [0.3, 0.4) is 0 Å². The summed E-state index contributed by atoms with van der Waals surface area (Å²) in [6, 6.07) is 5.73. The smallest absolute Gasteiger partial charge is 0.251 e. The third-order valence-electron chi connectivity index (χ3n) is 3.61. The molecule has 0 spiro atoms. The van der Waals surface area contributed by atoms with Crippen LogP contribution < -0.4 is 16.4 Å². The molecule has 1 aromatic rings. The number of hydrogen-bond donors (Lipinski definition) is 3. The zero-order chi connectivity index (χ0) is 14.4. The lowest BCUT2D eigenvalue weighted by molar-refractivity contribution is 0.0962. The molecule has 0 radical (unpaired) electrons. The van der Waals surface area contributed by atoms with Crippen molar-refractivity contribution in [3.63, 3.8) is 0 Å². The van der Waals surface area contributed by atoms with Gasteiger partial charge in [-0.05, 0) is 43.0 Å². The quantitative estimate of drug-likeness (QED) is 0.735. The van der Waals surface area contributed by atoms with Crippen LogP contribution in [0.2, 0.25) is 0 Å². The Hall–Kier alpha value is -1.55. The fraction of sp³-hybridized carbons (Fsp3) is 0.533. The van der Waals surface area contributed by atoms with Crippen molar-refractivity contribution in [1.82, 2.24) is 5.32 Å². The highest BCUT2D eigenvalue weighted by molar-refractivity contribution is 5.96. The Morgan fingerprint density at radius 2 is 2.05 bits per heavy atom. The highest BCUT2D eigenvalue weighted by atomic mass is 16.1. The number of rotatable bonds is 6. The van der Waals surface area contributed by atoms with Crippen molar-refractivity contribution in [2.45, 2.75) is 20.8 Å². The zero-order valence-corrected chi connectivity index (χ0v) is 12.3. The molecule has 0 aliphatic heterocycles. The van der Waals surface area contributed by atoms with Crippen LogP contribution in [0.1, 0.15) is 29.8 Å². The van der Waals surface area contributed by atoms with Crippen LogP contribution in [0.15, 0.2) is 18.2 Å². The number of hydrogen-bond acceptors (Lipinski definition) is 3. The van der Waals surface area contributed by atoms with Crippen LogP contribution >= 0.6 is 0 Å². The molecule has 1 atom stereocenters. The molecule has 1 aromatic carbocycles. The van der Waals surface area contributed by atoms with E-state index in [4.69, 9.17) is 5.73 Å². The minimum Gasteiger partial charge on any atom is -0.384 e. The number of nitrogens with one attached hydrogen (secondary N) is 2. The summed E-state index contributed by atoms with van der Waals surface area (Å²) in [4.78, 5) is 11.7. The molecule has 4 heteroatoms. The molecule has 0 aliphatic carbocycles. The Kier molecular flexibility index (Phi) is 5.83. The summed E-state index contributed by atoms with van der Waals surface area (Å²) >= 11 is 0. The topological polar surface area (TPSA) is 67.2 Å². The van der Waals surface area contributed by atoms with Gasteiger partial charge in [-0.3, -0.25) is 4.79 Å². The molecule has 0 saturated carbocycles. The molecule has 1 amide bonds. The van der Waals surface area contributed by atoms with Gasteiger partial charge in [-0.2, -0.15) is 0 Å². The summed E-state index contributed by atoms with van der Waals surface area (Å²) in [5.74, 6) is 0.920. The summed E-state index contributed by atoms with van der Waals surface area (Å²) < 4.78 is 0. The average molecular weight is 263 g/mol. The van der Waals surface area contributed by atoms with Gasteiger partial charge in [0.1, 0.15) is 0 Å². The van der Waals surface area contributed by atoms with Gasteiger partial charge in [0.25, 0.3) is 5.91 Å².